The largest absolute Gasteiger partial charge is 0.468 e. The number of rotatable bonds is 4. The third-order valence-corrected chi connectivity index (χ3v) is 3.16. The Bertz CT molecular complexity index is 591. The highest BCUT2D eigenvalue weighted by Gasteiger charge is 2.36. The Labute approximate surface area is 118 Å². The van der Waals surface area contributed by atoms with Crippen molar-refractivity contribution < 1.29 is 19.4 Å². The molecule has 1 aromatic rings. The summed E-state index contributed by atoms with van der Waals surface area (Å²) in [4.78, 5) is 33.5. The van der Waals surface area contributed by atoms with Crippen molar-refractivity contribution in [3.05, 3.63) is 25.9 Å². The Morgan fingerprint density at radius 2 is 1.90 bits per heavy atom. The predicted octanol–water partition coefficient (Wildman–Crippen LogP) is -0.133. The van der Waals surface area contributed by atoms with Crippen LogP contribution in [0.2, 0.25) is 0 Å². The summed E-state index contributed by atoms with van der Waals surface area (Å²) < 4.78 is 6.11. The first-order valence-electron chi connectivity index (χ1n) is 6.13. The quantitative estimate of drug-likeness (QED) is 0.558. The number of morpholine rings is 1. The molecule has 11 heteroatoms. The molecule has 0 bridgehead atoms. The van der Waals surface area contributed by atoms with Crippen LogP contribution in [0.3, 0.4) is 0 Å². The molecule has 0 spiro atoms. The third-order valence-electron chi connectivity index (χ3n) is 3.16. The van der Waals surface area contributed by atoms with Crippen LogP contribution in [0, 0.1) is 27.2 Å². The summed E-state index contributed by atoms with van der Waals surface area (Å²) >= 11 is 0. The summed E-state index contributed by atoms with van der Waals surface area (Å²) in [6, 6.07) is 0. The Hall–Kier alpha value is -2.56. The molecule has 0 saturated carbocycles. The van der Waals surface area contributed by atoms with Gasteiger partial charge in [0.2, 0.25) is 5.91 Å². The molecule has 1 aliphatic rings. The van der Waals surface area contributed by atoms with Crippen molar-refractivity contribution >= 4 is 17.4 Å². The van der Waals surface area contributed by atoms with Crippen LogP contribution in [0.4, 0.5) is 11.5 Å². The second kappa shape index (κ2) is 5.83. The second-order valence-electron chi connectivity index (χ2n) is 4.42. The molecular weight excluding hydrogens is 286 g/mol. The van der Waals surface area contributed by atoms with Crippen molar-refractivity contribution in [2.75, 3.05) is 26.3 Å². The van der Waals surface area contributed by atoms with Gasteiger partial charge in [0.15, 0.2) is 0 Å². The zero-order chi connectivity index (χ0) is 15.6. The Balaban J connectivity index is 2.24. The van der Waals surface area contributed by atoms with Crippen molar-refractivity contribution in [3.8, 4) is 0 Å². The normalized spacial score (nSPS) is 15.0. The molecule has 0 N–H and O–H groups in total. The van der Waals surface area contributed by atoms with E-state index in [0.717, 1.165) is 4.68 Å². The molecular formula is C10H13N5O6. The fraction of sp³-hybridized carbons (Fsp3) is 0.600. The van der Waals surface area contributed by atoms with Gasteiger partial charge in [0, 0.05) is 13.1 Å². The molecule has 0 aliphatic carbocycles. The highest BCUT2D eigenvalue weighted by molar-refractivity contribution is 5.76. The first kappa shape index (κ1) is 14.8. The van der Waals surface area contributed by atoms with Gasteiger partial charge in [-0.1, -0.05) is 0 Å². The zero-order valence-electron chi connectivity index (χ0n) is 11.2. The number of hydrogen-bond donors (Lipinski definition) is 0. The van der Waals surface area contributed by atoms with Gasteiger partial charge >= 0.3 is 11.5 Å². The summed E-state index contributed by atoms with van der Waals surface area (Å²) in [7, 11) is 0. The van der Waals surface area contributed by atoms with Gasteiger partial charge < -0.3 is 19.8 Å². The standard InChI is InChI=1S/C10H13N5O6/c1-7-9(14(17)18)10(15(19)20)11-13(7)6-8(16)12-2-4-21-5-3-12/h2-6H2,1H3. The lowest BCUT2D eigenvalue weighted by molar-refractivity contribution is -0.424. The van der Waals surface area contributed by atoms with Gasteiger partial charge in [-0.15, -0.1) is 0 Å². The molecule has 114 valence electrons. The number of aromatic nitrogens is 2. The maximum atomic E-state index is 12.0. The smallest absolute Gasteiger partial charge is 0.378 e. The van der Waals surface area contributed by atoms with E-state index in [9.17, 15) is 25.0 Å². The highest BCUT2D eigenvalue weighted by Crippen LogP contribution is 2.29. The fourth-order valence-corrected chi connectivity index (χ4v) is 2.05. The minimum Gasteiger partial charge on any atom is -0.378 e. The first-order valence-corrected chi connectivity index (χ1v) is 6.13. The number of carbonyl (C=O) groups excluding carboxylic acids is 1. The van der Waals surface area contributed by atoms with Crippen LogP contribution in [0.5, 0.6) is 0 Å². The van der Waals surface area contributed by atoms with E-state index in [4.69, 9.17) is 4.74 Å². The molecule has 0 aromatic carbocycles. The van der Waals surface area contributed by atoms with Crippen LogP contribution in [0.25, 0.3) is 0 Å². The molecule has 11 nitrogen and oxygen atoms in total. The molecule has 1 amide bonds. The van der Waals surface area contributed by atoms with Gasteiger partial charge in [-0.25, -0.2) is 0 Å². The number of ether oxygens (including phenoxy) is 1. The van der Waals surface area contributed by atoms with E-state index in [1.165, 1.54) is 11.8 Å². The Morgan fingerprint density at radius 3 is 2.38 bits per heavy atom. The maximum absolute atomic E-state index is 12.0. The predicted molar refractivity (Wildman–Crippen MR) is 67.7 cm³/mol. The minimum absolute atomic E-state index is 0.0201. The summed E-state index contributed by atoms with van der Waals surface area (Å²) in [5, 5.41) is 25.2. The van der Waals surface area contributed by atoms with E-state index in [0.29, 0.717) is 26.3 Å². The van der Waals surface area contributed by atoms with Gasteiger partial charge in [0.05, 0.1) is 23.2 Å². The summed E-state index contributed by atoms with van der Waals surface area (Å²) in [6.07, 6.45) is 0. The zero-order valence-corrected chi connectivity index (χ0v) is 11.2. The molecule has 0 radical (unpaired) electrons. The van der Waals surface area contributed by atoms with E-state index in [1.54, 1.807) is 0 Å². The fourth-order valence-electron chi connectivity index (χ4n) is 2.05. The van der Waals surface area contributed by atoms with Crippen molar-refractivity contribution in [2.24, 2.45) is 0 Å². The molecule has 2 heterocycles. The van der Waals surface area contributed by atoms with Crippen LogP contribution in [-0.4, -0.2) is 56.7 Å². The lowest BCUT2D eigenvalue weighted by Gasteiger charge is -2.26. The van der Waals surface area contributed by atoms with E-state index in [1.807, 2.05) is 0 Å². The third kappa shape index (κ3) is 2.97. The number of amides is 1. The van der Waals surface area contributed by atoms with E-state index in [-0.39, 0.29) is 18.1 Å². The van der Waals surface area contributed by atoms with Gasteiger partial charge in [-0.05, 0) is 11.8 Å². The van der Waals surface area contributed by atoms with Crippen LogP contribution in [-0.2, 0) is 16.1 Å². The first-order chi connectivity index (χ1) is 9.91. The van der Waals surface area contributed by atoms with Gasteiger partial charge in [0.25, 0.3) is 0 Å². The van der Waals surface area contributed by atoms with Gasteiger partial charge in [-0.3, -0.25) is 14.9 Å². The molecule has 2 rings (SSSR count). The minimum atomic E-state index is -0.930. The maximum Gasteiger partial charge on any atom is 0.468 e. The van der Waals surface area contributed by atoms with E-state index in [2.05, 4.69) is 5.10 Å². The van der Waals surface area contributed by atoms with Crippen molar-refractivity contribution in [1.29, 1.82) is 0 Å². The molecule has 21 heavy (non-hydrogen) atoms. The highest BCUT2D eigenvalue weighted by atomic mass is 16.6. The molecule has 0 unspecified atom stereocenters. The lowest BCUT2D eigenvalue weighted by atomic mass is 10.3. The SMILES string of the molecule is Cc1c([N+](=O)[O-])c([N+](=O)[O-])nn1CC(=O)N1CCOCC1. The molecule has 1 fully saturated rings. The number of nitrogens with zero attached hydrogens (tertiary/aromatic N) is 5. The summed E-state index contributed by atoms with van der Waals surface area (Å²) in [6.45, 7) is 2.73. The van der Waals surface area contributed by atoms with Crippen molar-refractivity contribution in [2.45, 2.75) is 13.5 Å². The average Bonchev–Trinajstić information content (AvgIpc) is 2.77. The Kier molecular flexibility index (Phi) is 4.12. The molecule has 1 aromatic heterocycles. The van der Waals surface area contributed by atoms with Gasteiger partial charge in [0.1, 0.15) is 12.2 Å². The van der Waals surface area contributed by atoms with Crippen LogP contribution in [0.1, 0.15) is 5.69 Å². The molecule has 0 atom stereocenters. The average molecular weight is 299 g/mol. The monoisotopic (exact) mass is 299 g/mol. The topological polar surface area (TPSA) is 134 Å². The van der Waals surface area contributed by atoms with Crippen LogP contribution in [0.15, 0.2) is 0 Å². The summed E-state index contributed by atoms with van der Waals surface area (Å²) in [5.74, 6) is -1.17. The molecule has 1 saturated heterocycles. The van der Waals surface area contributed by atoms with E-state index < -0.39 is 21.4 Å². The van der Waals surface area contributed by atoms with Crippen molar-refractivity contribution in [3.63, 3.8) is 0 Å². The number of hydrogen-bond acceptors (Lipinski definition) is 7. The summed E-state index contributed by atoms with van der Waals surface area (Å²) in [5.41, 5.74) is -0.705. The number of carbonyl (C=O) groups is 1. The lowest BCUT2D eigenvalue weighted by Crippen LogP contribution is -2.42. The van der Waals surface area contributed by atoms with Gasteiger partial charge in [-0.2, -0.15) is 4.68 Å². The van der Waals surface area contributed by atoms with Crippen molar-refractivity contribution in [1.82, 2.24) is 14.7 Å². The van der Waals surface area contributed by atoms with Crippen LogP contribution >= 0.6 is 0 Å². The molecule has 1 aliphatic heterocycles. The second-order valence-corrected chi connectivity index (χ2v) is 4.42. The number of nitro groups is 2. The van der Waals surface area contributed by atoms with Crippen LogP contribution < -0.4 is 0 Å². The Morgan fingerprint density at radius 1 is 1.29 bits per heavy atom. The van der Waals surface area contributed by atoms with E-state index >= 15 is 0 Å².